The summed E-state index contributed by atoms with van der Waals surface area (Å²) in [6.45, 7) is 1.45. The molecule has 0 aliphatic rings. The molecule has 1 rings (SSSR count). The summed E-state index contributed by atoms with van der Waals surface area (Å²) in [7, 11) is 0. The van der Waals surface area contributed by atoms with Gasteiger partial charge in [-0.25, -0.2) is 0 Å². The fourth-order valence-electron chi connectivity index (χ4n) is 1.01. The van der Waals surface area contributed by atoms with Crippen molar-refractivity contribution < 1.29 is 14.3 Å². The van der Waals surface area contributed by atoms with Crippen LogP contribution in [-0.4, -0.2) is 18.4 Å². The molecule has 0 fully saturated rings. The van der Waals surface area contributed by atoms with E-state index in [0.29, 0.717) is 5.75 Å². The SMILES string of the molecule is CC(=O)CC(=O)NCOc1ccccc1. The molecule has 1 aromatic rings. The standard InChI is InChI=1S/C11H13NO3/c1-9(13)7-11(14)12-8-15-10-5-3-2-4-6-10/h2-6H,7-8H2,1H3,(H,12,14). The van der Waals surface area contributed by atoms with Crippen LogP contribution in [0.2, 0.25) is 0 Å². The molecule has 1 N–H and O–H groups in total. The number of ketones is 1. The summed E-state index contributed by atoms with van der Waals surface area (Å²) < 4.78 is 5.21. The maximum Gasteiger partial charge on any atom is 0.230 e. The fourth-order valence-corrected chi connectivity index (χ4v) is 1.01. The molecule has 80 valence electrons. The highest BCUT2D eigenvalue weighted by Gasteiger charge is 2.03. The lowest BCUT2D eigenvalue weighted by atomic mass is 10.3. The molecular weight excluding hydrogens is 194 g/mol. The van der Waals surface area contributed by atoms with Crippen molar-refractivity contribution in [1.82, 2.24) is 5.32 Å². The van der Waals surface area contributed by atoms with Crippen molar-refractivity contribution in [3.8, 4) is 5.75 Å². The van der Waals surface area contributed by atoms with E-state index in [1.54, 1.807) is 12.1 Å². The van der Waals surface area contributed by atoms with Gasteiger partial charge < -0.3 is 10.1 Å². The molecule has 0 saturated heterocycles. The normalized spacial score (nSPS) is 9.40. The molecule has 4 heteroatoms. The molecular formula is C11H13NO3. The van der Waals surface area contributed by atoms with Gasteiger partial charge in [-0.2, -0.15) is 0 Å². The van der Waals surface area contributed by atoms with Gasteiger partial charge in [0.1, 0.15) is 11.5 Å². The summed E-state index contributed by atoms with van der Waals surface area (Å²) in [4.78, 5) is 21.6. The maximum atomic E-state index is 11.0. The van der Waals surface area contributed by atoms with E-state index >= 15 is 0 Å². The molecule has 0 bridgehead atoms. The molecule has 0 aliphatic carbocycles. The Kier molecular flexibility index (Phi) is 4.34. The molecule has 0 radical (unpaired) electrons. The first kappa shape index (κ1) is 11.2. The lowest BCUT2D eigenvalue weighted by Gasteiger charge is -2.06. The van der Waals surface area contributed by atoms with Gasteiger partial charge in [-0.3, -0.25) is 9.59 Å². The van der Waals surface area contributed by atoms with E-state index < -0.39 is 0 Å². The number of hydrogen-bond donors (Lipinski definition) is 1. The zero-order valence-electron chi connectivity index (χ0n) is 8.53. The topological polar surface area (TPSA) is 55.4 Å². The number of carbonyl (C=O) groups is 2. The largest absolute Gasteiger partial charge is 0.473 e. The summed E-state index contributed by atoms with van der Waals surface area (Å²) in [5.41, 5.74) is 0. The van der Waals surface area contributed by atoms with Crippen LogP contribution in [0.1, 0.15) is 13.3 Å². The summed E-state index contributed by atoms with van der Waals surface area (Å²) in [6, 6.07) is 9.13. The molecule has 1 amide bonds. The van der Waals surface area contributed by atoms with Gasteiger partial charge in [0, 0.05) is 0 Å². The lowest BCUT2D eigenvalue weighted by molar-refractivity contribution is -0.127. The van der Waals surface area contributed by atoms with E-state index in [1.807, 2.05) is 18.2 Å². The van der Waals surface area contributed by atoms with E-state index in [9.17, 15) is 9.59 Å². The number of Topliss-reactive ketones (excluding diaryl/α,β-unsaturated/α-hetero) is 1. The second-order valence-electron chi connectivity index (χ2n) is 3.08. The van der Waals surface area contributed by atoms with Gasteiger partial charge in [0.15, 0.2) is 6.73 Å². The van der Waals surface area contributed by atoms with Crippen LogP contribution in [0.25, 0.3) is 0 Å². The third-order valence-electron chi connectivity index (χ3n) is 1.66. The molecule has 1 aromatic carbocycles. The zero-order chi connectivity index (χ0) is 11.1. The minimum absolute atomic E-state index is 0.0795. The van der Waals surface area contributed by atoms with Crippen LogP contribution in [0.5, 0.6) is 5.75 Å². The predicted octanol–water partition coefficient (Wildman–Crippen LogP) is 1.12. The highest BCUT2D eigenvalue weighted by Crippen LogP contribution is 2.06. The van der Waals surface area contributed by atoms with Gasteiger partial charge in [-0.15, -0.1) is 0 Å². The van der Waals surface area contributed by atoms with Crippen LogP contribution in [0.3, 0.4) is 0 Å². The van der Waals surface area contributed by atoms with Gasteiger partial charge in [0.05, 0.1) is 6.42 Å². The van der Waals surface area contributed by atoms with Crippen LogP contribution >= 0.6 is 0 Å². The first-order valence-electron chi connectivity index (χ1n) is 4.62. The number of hydrogen-bond acceptors (Lipinski definition) is 3. The number of carbonyl (C=O) groups excluding carboxylic acids is 2. The van der Waals surface area contributed by atoms with E-state index in [2.05, 4.69) is 5.32 Å². The van der Waals surface area contributed by atoms with Gasteiger partial charge in [-0.05, 0) is 19.1 Å². The Morgan fingerprint density at radius 1 is 1.27 bits per heavy atom. The average molecular weight is 207 g/mol. The Morgan fingerprint density at radius 2 is 1.93 bits per heavy atom. The Morgan fingerprint density at radius 3 is 2.53 bits per heavy atom. The van der Waals surface area contributed by atoms with E-state index in [0.717, 1.165) is 0 Å². The summed E-state index contributed by atoms with van der Waals surface area (Å²) in [5, 5.41) is 2.48. The zero-order valence-corrected chi connectivity index (χ0v) is 8.53. The summed E-state index contributed by atoms with van der Waals surface area (Å²) >= 11 is 0. The van der Waals surface area contributed by atoms with Crippen LogP contribution in [0, 0.1) is 0 Å². The summed E-state index contributed by atoms with van der Waals surface area (Å²) in [6.07, 6.45) is -0.0991. The Hall–Kier alpha value is -1.84. The van der Waals surface area contributed by atoms with E-state index in [-0.39, 0.29) is 24.8 Å². The Labute approximate surface area is 88.2 Å². The van der Waals surface area contributed by atoms with Crippen molar-refractivity contribution in [2.75, 3.05) is 6.73 Å². The van der Waals surface area contributed by atoms with Crippen molar-refractivity contribution in [3.05, 3.63) is 30.3 Å². The molecule has 0 heterocycles. The monoisotopic (exact) mass is 207 g/mol. The fraction of sp³-hybridized carbons (Fsp3) is 0.273. The minimum atomic E-state index is -0.321. The van der Waals surface area contributed by atoms with Gasteiger partial charge in [0.2, 0.25) is 5.91 Å². The van der Waals surface area contributed by atoms with Gasteiger partial charge in [0.25, 0.3) is 0 Å². The average Bonchev–Trinajstić information content (AvgIpc) is 2.18. The molecule has 0 unspecified atom stereocenters. The number of amides is 1. The number of benzene rings is 1. The number of ether oxygens (including phenoxy) is 1. The number of para-hydroxylation sites is 1. The van der Waals surface area contributed by atoms with Crippen molar-refractivity contribution in [1.29, 1.82) is 0 Å². The van der Waals surface area contributed by atoms with Gasteiger partial charge >= 0.3 is 0 Å². The summed E-state index contributed by atoms with van der Waals surface area (Å²) in [5.74, 6) is 0.200. The molecule has 0 aliphatic heterocycles. The Bertz CT molecular complexity index is 335. The smallest absolute Gasteiger partial charge is 0.230 e. The third kappa shape index (κ3) is 4.81. The molecule has 0 spiro atoms. The molecule has 0 saturated carbocycles. The first-order chi connectivity index (χ1) is 7.18. The molecule has 0 atom stereocenters. The van der Waals surface area contributed by atoms with Crippen LogP contribution in [0.15, 0.2) is 30.3 Å². The van der Waals surface area contributed by atoms with Crippen LogP contribution in [0.4, 0.5) is 0 Å². The maximum absolute atomic E-state index is 11.0. The lowest BCUT2D eigenvalue weighted by Crippen LogP contribution is -2.28. The van der Waals surface area contributed by atoms with Gasteiger partial charge in [-0.1, -0.05) is 18.2 Å². The molecule has 0 aromatic heterocycles. The third-order valence-corrected chi connectivity index (χ3v) is 1.66. The second kappa shape index (κ2) is 5.80. The number of nitrogens with one attached hydrogen (secondary N) is 1. The van der Waals surface area contributed by atoms with Crippen molar-refractivity contribution in [2.24, 2.45) is 0 Å². The predicted molar refractivity (Wildman–Crippen MR) is 55.4 cm³/mol. The first-order valence-corrected chi connectivity index (χ1v) is 4.62. The van der Waals surface area contributed by atoms with Crippen molar-refractivity contribution in [2.45, 2.75) is 13.3 Å². The molecule has 4 nitrogen and oxygen atoms in total. The van der Waals surface area contributed by atoms with Crippen molar-refractivity contribution in [3.63, 3.8) is 0 Å². The van der Waals surface area contributed by atoms with E-state index in [4.69, 9.17) is 4.74 Å². The number of rotatable bonds is 5. The van der Waals surface area contributed by atoms with Crippen LogP contribution in [-0.2, 0) is 9.59 Å². The highest BCUT2D eigenvalue weighted by molar-refractivity contribution is 5.96. The Balaban J connectivity index is 2.22. The van der Waals surface area contributed by atoms with E-state index in [1.165, 1.54) is 6.92 Å². The highest BCUT2D eigenvalue weighted by atomic mass is 16.5. The van der Waals surface area contributed by atoms with Crippen LogP contribution < -0.4 is 10.1 Å². The second-order valence-corrected chi connectivity index (χ2v) is 3.08. The quantitative estimate of drug-likeness (QED) is 0.581. The minimum Gasteiger partial charge on any atom is -0.473 e. The molecule has 15 heavy (non-hydrogen) atoms. The van der Waals surface area contributed by atoms with Crippen molar-refractivity contribution >= 4 is 11.7 Å².